The zero-order valence-corrected chi connectivity index (χ0v) is 21.1. The number of imidazole rings is 1. The minimum Gasteiger partial charge on any atom is -0.628 e. The van der Waals surface area contributed by atoms with E-state index < -0.39 is 16.6 Å². The zero-order valence-electron chi connectivity index (χ0n) is 21.1. The van der Waals surface area contributed by atoms with Crippen molar-refractivity contribution in [1.82, 2.24) is 24.6 Å². The number of benzene rings is 1. The van der Waals surface area contributed by atoms with E-state index in [4.69, 9.17) is 9.47 Å². The van der Waals surface area contributed by atoms with Crippen LogP contribution in [0.2, 0.25) is 0 Å². The standard InChI is InChI=1S/C24H31FN7O5/c1-24(2,3)37-23(33)30-9-7-29(8-10-30)18-13-17-16(12-15(18)25)26-22(27-17)21-19(32(34)35)14-31(28-21)20-6-4-5-11-36-20/h12-14,20,32H,4-11H2,1-3H3,(H,26,27)/q-1. The van der Waals surface area contributed by atoms with Crippen LogP contribution in [-0.2, 0) is 9.47 Å². The van der Waals surface area contributed by atoms with Crippen LogP contribution in [0.15, 0.2) is 18.3 Å². The number of piperazine rings is 1. The molecule has 0 bridgehead atoms. The van der Waals surface area contributed by atoms with Crippen molar-refractivity contribution in [1.29, 1.82) is 0 Å². The molecular formula is C24H31FN7O5-. The molecule has 0 aliphatic carbocycles. The van der Waals surface area contributed by atoms with Gasteiger partial charge in [0.1, 0.15) is 17.6 Å². The molecule has 3 aromatic rings. The van der Waals surface area contributed by atoms with Gasteiger partial charge in [0.05, 0.1) is 22.9 Å². The Morgan fingerprint density at radius 2 is 1.97 bits per heavy atom. The number of anilines is 1. The highest BCUT2D eigenvalue weighted by molar-refractivity contribution is 5.84. The number of H-pyrrole nitrogens is 1. The van der Waals surface area contributed by atoms with Crippen LogP contribution in [0.5, 0.6) is 0 Å². The maximum Gasteiger partial charge on any atom is 0.410 e. The lowest BCUT2D eigenvalue weighted by Gasteiger charge is -2.36. The molecule has 0 radical (unpaired) electrons. The van der Waals surface area contributed by atoms with E-state index >= 15 is 4.39 Å². The predicted octanol–water partition coefficient (Wildman–Crippen LogP) is 2.83. The van der Waals surface area contributed by atoms with Gasteiger partial charge in [-0.25, -0.2) is 18.9 Å². The monoisotopic (exact) mass is 516 g/mol. The molecule has 2 aliphatic heterocycles. The predicted molar refractivity (Wildman–Crippen MR) is 133 cm³/mol. The van der Waals surface area contributed by atoms with Gasteiger partial charge in [-0.15, -0.1) is 0 Å². The van der Waals surface area contributed by atoms with Crippen LogP contribution in [0.4, 0.5) is 20.6 Å². The van der Waals surface area contributed by atoms with E-state index in [2.05, 4.69) is 15.1 Å². The first-order valence-corrected chi connectivity index (χ1v) is 12.4. The van der Waals surface area contributed by atoms with Gasteiger partial charge in [-0.05, 0) is 46.1 Å². The van der Waals surface area contributed by atoms with Crippen LogP contribution in [0, 0.1) is 16.2 Å². The molecule has 1 aromatic carbocycles. The second-order valence-corrected chi connectivity index (χ2v) is 10.3. The number of carbonyl (C=O) groups is 1. The quantitative estimate of drug-likeness (QED) is 0.505. The van der Waals surface area contributed by atoms with Gasteiger partial charge >= 0.3 is 6.09 Å². The van der Waals surface area contributed by atoms with E-state index in [-0.39, 0.29) is 29.5 Å². The number of quaternary nitrogens is 1. The van der Waals surface area contributed by atoms with Crippen LogP contribution in [-0.4, -0.2) is 69.1 Å². The van der Waals surface area contributed by atoms with Crippen LogP contribution >= 0.6 is 0 Å². The Morgan fingerprint density at radius 3 is 2.62 bits per heavy atom. The fraction of sp³-hybridized carbons (Fsp3) is 0.542. The number of hydrogen-bond donors (Lipinski definition) is 2. The largest absolute Gasteiger partial charge is 0.628 e. The average Bonchev–Trinajstić information content (AvgIpc) is 3.47. The summed E-state index contributed by atoms with van der Waals surface area (Å²) in [5.74, 6) is -0.246. The van der Waals surface area contributed by atoms with Crippen LogP contribution in [0.1, 0.15) is 46.3 Å². The summed E-state index contributed by atoms with van der Waals surface area (Å²) in [6.07, 6.45) is 3.29. The van der Waals surface area contributed by atoms with Crippen molar-refractivity contribution in [2.24, 2.45) is 0 Å². The Morgan fingerprint density at radius 1 is 1.22 bits per heavy atom. The molecule has 12 nitrogen and oxygen atoms in total. The van der Waals surface area contributed by atoms with Gasteiger partial charge in [0.25, 0.3) is 0 Å². The summed E-state index contributed by atoms with van der Waals surface area (Å²) in [5.41, 5.74) is 0.644. The number of ether oxygens (including phenoxy) is 2. The first-order valence-electron chi connectivity index (χ1n) is 12.4. The number of carbonyl (C=O) groups excluding carboxylic acids is 1. The molecule has 1 atom stereocenters. The summed E-state index contributed by atoms with van der Waals surface area (Å²) in [6.45, 7) is 7.68. The van der Waals surface area contributed by atoms with Crippen molar-refractivity contribution in [3.63, 3.8) is 0 Å². The van der Waals surface area contributed by atoms with Crippen molar-refractivity contribution in [2.45, 2.75) is 51.9 Å². The van der Waals surface area contributed by atoms with Crippen LogP contribution < -0.4 is 10.1 Å². The van der Waals surface area contributed by atoms with Gasteiger partial charge in [0.2, 0.25) is 0 Å². The van der Waals surface area contributed by atoms with Gasteiger partial charge in [0, 0.05) is 38.9 Å². The highest BCUT2D eigenvalue weighted by Gasteiger charge is 2.28. The molecule has 2 fully saturated rings. The molecule has 13 heteroatoms. The Labute approximate surface area is 213 Å². The molecule has 5 rings (SSSR count). The van der Waals surface area contributed by atoms with E-state index in [0.29, 0.717) is 49.5 Å². The van der Waals surface area contributed by atoms with Crippen molar-refractivity contribution >= 4 is 28.5 Å². The van der Waals surface area contributed by atoms with Crippen LogP contribution in [0.25, 0.3) is 22.6 Å². The second kappa shape index (κ2) is 9.89. The van der Waals surface area contributed by atoms with Gasteiger partial charge in [0.15, 0.2) is 17.2 Å². The van der Waals surface area contributed by atoms with E-state index in [0.717, 1.165) is 19.3 Å². The highest BCUT2D eigenvalue weighted by Crippen LogP contribution is 2.31. The molecule has 4 heterocycles. The molecule has 2 aromatic heterocycles. The van der Waals surface area contributed by atoms with Crippen LogP contribution in [0.3, 0.4) is 0 Å². The SMILES string of the molecule is CC(C)(C)OC(=O)N1CCN(c2cc3nc(-c4nn(C5CCCCO5)cc4[NH+]([O-])[O-])[nH]c3cc2F)CC1. The molecule has 0 spiro atoms. The minimum absolute atomic E-state index is 0.110. The highest BCUT2D eigenvalue weighted by atomic mass is 19.1. The zero-order chi connectivity index (χ0) is 26.3. The van der Waals surface area contributed by atoms with Crippen molar-refractivity contribution in [3.05, 3.63) is 34.6 Å². The summed E-state index contributed by atoms with van der Waals surface area (Å²) in [6, 6.07) is 2.95. The number of rotatable bonds is 4. The first kappa shape index (κ1) is 25.4. The Bertz CT molecular complexity index is 1270. The lowest BCUT2D eigenvalue weighted by molar-refractivity contribution is -0.714. The summed E-state index contributed by atoms with van der Waals surface area (Å²) in [4.78, 5) is 23.3. The second-order valence-electron chi connectivity index (χ2n) is 10.3. The topological polar surface area (TPSA) is 139 Å². The Balaban J connectivity index is 1.37. The average molecular weight is 517 g/mol. The molecule has 1 unspecified atom stereocenters. The molecule has 37 heavy (non-hydrogen) atoms. The number of fused-ring (bicyclic) bond motifs is 1. The molecule has 2 N–H and O–H groups in total. The number of nitrogens with one attached hydrogen (secondary N) is 2. The normalized spacial score (nSPS) is 19.2. The third-order valence-corrected chi connectivity index (χ3v) is 6.45. The van der Waals surface area contributed by atoms with Crippen molar-refractivity contribution < 1.29 is 23.9 Å². The van der Waals surface area contributed by atoms with E-state index in [1.165, 1.54) is 16.9 Å². The molecular weight excluding hydrogens is 485 g/mol. The molecule has 2 aliphatic rings. The first-order chi connectivity index (χ1) is 17.6. The number of halogens is 1. The Kier molecular flexibility index (Phi) is 6.79. The van der Waals surface area contributed by atoms with Gasteiger partial charge in [-0.1, -0.05) is 0 Å². The van der Waals surface area contributed by atoms with E-state index in [1.807, 2.05) is 25.7 Å². The molecule has 2 saturated heterocycles. The Hall–Kier alpha value is -3.26. The summed E-state index contributed by atoms with van der Waals surface area (Å²) in [5, 5.41) is 26.7. The maximum atomic E-state index is 15.1. The number of hydrogen-bond acceptors (Lipinski definition) is 8. The number of amides is 1. The fourth-order valence-electron chi connectivity index (χ4n) is 4.63. The van der Waals surface area contributed by atoms with Crippen molar-refractivity contribution in [2.75, 3.05) is 37.7 Å². The molecule has 1 amide bonds. The van der Waals surface area contributed by atoms with E-state index in [9.17, 15) is 15.2 Å². The fourth-order valence-corrected chi connectivity index (χ4v) is 4.63. The number of aromatic nitrogens is 4. The third kappa shape index (κ3) is 5.39. The number of nitrogens with zero attached hydrogens (tertiary/aromatic N) is 5. The minimum atomic E-state index is -1.38. The smallest absolute Gasteiger partial charge is 0.410 e. The van der Waals surface area contributed by atoms with Gasteiger partial charge in [-0.2, -0.15) is 5.10 Å². The van der Waals surface area contributed by atoms with Gasteiger partial charge in [-0.3, -0.25) is 0 Å². The summed E-state index contributed by atoms with van der Waals surface area (Å²) < 4.78 is 27.8. The number of aromatic amines is 1. The van der Waals surface area contributed by atoms with Crippen molar-refractivity contribution in [3.8, 4) is 11.5 Å². The lowest BCUT2D eigenvalue weighted by atomic mass is 10.2. The maximum absolute atomic E-state index is 15.1. The third-order valence-electron chi connectivity index (χ3n) is 6.45. The molecule has 0 saturated carbocycles. The van der Waals surface area contributed by atoms with E-state index in [1.54, 1.807) is 11.0 Å². The summed E-state index contributed by atoms with van der Waals surface area (Å²) >= 11 is 0. The molecule has 200 valence electrons. The lowest BCUT2D eigenvalue weighted by Crippen LogP contribution is -2.96. The van der Waals surface area contributed by atoms with Gasteiger partial charge < -0.3 is 39.9 Å². The summed E-state index contributed by atoms with van der Waals surface area (Å²) in [7, 11) is 0.